The van der Waals surface area contributed by atoms with Gasteiger partial charge >= 0.3 is 0 Å². The number of hydrogen-bond donors (Lipinski definition) is 0. The van der Waals surface area contributed by atoms with Gasteiger partial charge < -0.3 is 9.64 Å². The lowest BCUT2D eigenvalue weighted by atomic mass is 9.95. The number of piperidine rings is 1. The number of thiazole rings is 1. The molecule has 2 atom stereocenters. The number of benzene rings is 1. The first-order valence-electron chi connectivity index (χ1n) is 8.16. The Bertz CT molecular complexity index is 636. The summed E-state index contributed by atoms with van der Waals surface area (Å²) in [6.45, 7) is 7.39. The van der Waals surface area contributed by atoms with E-state index in [0.29, 0.717) is 17.6 Å². The van der Waals surface area contributed by atoms with Gasteiger partial charge in [-0.3, -0.25) is 0 Å². The van der Waals surface area contributed by atoms with E-state index in [2.05, 4.69) is 4.90 Å². The number of ether oxygens (including phenoxy) is 1. The Hall–Kier alpha value is -1.20. The molecule has 2 saturated heterocycles. The minimum Gasteiger partial charge on any atom is -0.377 e. The second kappa shape index (κ2) is 7.58. The van der Waals surface area contributed by atoms with Crippen molar-refractivity contribution >= 4 is 26.7 Å². The molecule has 0 radical (unpaired) electrons. The maximum atomic E-state index is 13.7. The Morgan fingerprint density at radius 1 is 1.22 bits per heavy atom. The Morgan fingerprint density at radius 3 is 2.52 bits per heavy atom. The van der Waals surface area contributed by atoms with Gasteiger partial charge in [0, 0.05) is 5.56 Å². The number of morpholine rings is 1. The Kier molecular flexibility index (Phi) is 5.98. The minimum atomic E-state index is -0.170. The summed E-state index contributed by atoms with van der Waals surface area (Å²) < 4.78 is 20.4. The lowest BCUT2D eigenvalue weighted by molar-refractivity contribution is 0.0463. The van der Waals surface area contributed by atoms with E-state index in [1.807, 2.05) is 19.9 Å². The van der Waals surface area contributed by atoms with Gasteiger partial charge in [0.15, 0.2) is 5.13 Å². The van der Waals surface area contributed by atoms with Gasteiger partial charge in [-0.2, -0.15) is 0 Å². The average Bonchev–Trinajstić information content (AvgIpc) is 2.97. The van der Waals surface area contributed by atoms with E-state index < -0.39 is 0 Å². The molecule has 0 aliphatic carbocycles. The molecule has 2 unspecified atom stereocenters. The van der Waals surface area contributed by atoms with E-state index in [9.17, 15) is 4.39 Å². The number of aryl methyl sites for hydroxylation is 1. The fraction of sp³-hybridized carbons (Fsp3) is 0.611. The molecule has 4 rings (SSSR count). The number of halogens is 1. The third kappa shape index (κ3) is 3.22. The standard InChI is InChI=1S/C15H17FN2OS.C2H6.CH4/c1-9-12(16)5-6-13-14(9)17-15(20-13)18-10-3-2-4-11(18)8-19-7-10;1-2;/h5-6,10-11H,2-4,7-8H2,1H3;1-2H3;1H4. The molecule has 1 aromatic heterocycles. The largest absolute Gasteiger partial charge is 0.377 e. The van der Waals surface area contributed by atoms with Crippen LogP contribution in [0.3, 0.4) is 0 Å². The molecule has 0 N–H and O–H groups in total. The van der Waals surface area contributed by atoms with Gasteiger partial charge in [-0.1, -0.05) is 32.6 Å². The molecule has 128 valence electrons. The molecule has 0 amide bonds. The minimum absolute atomic E-state index is 0. The molecule has 2 aliphatic rings. The smallest absolute Gasteiger partial charge is 0.187 e. The van der Waals surface area contributed by atoms with Crippen molar-refractivity contribution in [3.63, 3.8) is 0 Å². The molecular weight excluding hydrogens is 311 g/mol. The van der Waals surface area contributed by atoms with E-state index in [-0.39, 0.29) is 13.2 Å². The van der Waals surface area contributed by atoms with Crippen molar-refractivity contribution in [2.45, 2.75) is 59.5 Å². The van der Waals surface area contributed by atoms with Gasteiger partial charge in [0.25, 0.3) is 0 Å². The van der Waals surface area contributed by atoms with Gasteiger partial charge in [0.2, 0.25) is 0 Å². The van der Waals surface area contributed by atoms with Gasteiger partial charge in [0.05, 0.1) is 35.5 Å². The topological polar surface area (TPSA) is 25.4 Å². The Balaban J connectivity index is 0.000000617. The van der Waals surface area contributed by atoms with Crippen molar-refractivity contribution in [1.82, 2.24) is 4.98 Å². The maximum Gasteiger partial charge on any atom is 0.187 e. The van der Waals surface area contributed by atoms with E-state index in [1.165, 1.54) is 19.3 Å². The van der Waals surface area contributed by atoms with E-state index in [0.717, 1.165) is 28.6 Å². The first-order valence-corrected chi connectivity index (χ1v) is 8.97. The first kappa shape index (κ1) is 18.1. The molecule has 3 nitrogen and oxygen atoms in total. The second-order valence-corrected chi connectivity index (χ2v) is 6.71. The molecule has 23 heavy (non-hydrogen) atoms. The fourth-order valence-corrected chi connectivity index (χ4v) is 4.51. The summed E-state index contributed by atoms with van der Waals surface area (Å²) in [4.78, 5) is 7.15. The van der Waals surface area contributed by atoms with Crippen molar-refractivity contribution in [2.75, 3.05) is 18.1 Å². The predicted octanol–water partition coefficient (Wildman–Crippen LogP) is 5.16. The summed E-state index contributed by atoms with van der Waals surface area (Å²) in [6.07, 6.45) is 3.60. The molecule has 0 spiro atoms. The first-order chi connectivity index (χ1) is 10.7. The van der Waals surface area contributed by atoms with Gasteiger partial charge in [-0.25, -0.2) is 9.37 Å². The number of hydrogen-bond acceptors (Lipinski definition) is 4. The van der Waals surface area contributed by atoms with Crippen molar-refractivity contribution in [1.29, 1.82) is 0 Å². The Morgan fingerprint density at radius 2 is 1.87 bits per heavy atom. The average molecular weight is 338 g/mol. The number of nitrogens with zero attached hydrogens (tertiary/aromatic N) is 2. The Labute approximate surface area is 142 Å². The molecule has 0 saturated carbocycles. The molecule has 2 fully saturated rings. The lowest BCUT2D eigenvalue weighted by Crippen LogP contribution is -2.55. The molecule has 2 aliphatic heterocycles. The second-order valence-electron chi connectivity index (χ2n) is 5.70. The van der Waals surface area contributed by atoms with Gasteiger partial charge in [-0.05, 0) is 38.3 Å². The zero-order valence-corrected chi connectivity index (χ0v) is 14.3. The monoisotopic (exact) mass is 338 g/mol. The lowest BCUT2D eigenvalue weighted by Gasteiger charge is -2.45. The normalized spacial score (nSPS) is 23.0. The zero-order chi connectivity index (χ0) is 15.7. The van der Waals surface area contributed by atoms with Crippen LogP contribution in [0.2, 0.25) is 0 Å². The molecule has 2 bridgehead atoms. The van der Waals surface area contributed by atoms with Crippen LogP contribution in [-0.4, -0.2) is 30.3 Å². The fourth-order valence-electron chi connectivity index (χ4n) is 3.34. The van der Waals surface area contributed by atoms with Crippen molar-refractivity contribution < 1.29 is 9.13 Å². The SMILES string of the molecule is C.CC.Cc1c(F)ccc2sc(N3C4CCCC3COC4)nc12. The number of fused-ring (bicyclic) bond motifs is 3. The zero-order valence-electron chi connectivity index (χ0n) is 13.4. The summed E-state index contributed by atoms with van der Waals surface area (Å²) in [5, 5.41) is 1.03. The van der Waals surface area contributed by atoms with Crippen LogP contribution in [0.1, 0.15) is 46.1 Å². The molecule has 2 aromatic rings. The number of rotatable bonds is 1. The van der Waals surface area contributed by atoms with E-state index >= 15 is 0 Å². The highest BCUT2D eigenvalue weighted by Gasteiger charge is 2.36. The predicted molar refractivity (Wildman–Crippen MR) is 97.1 cm³/mol. The highest BCUT2D eigenvalue weighted by Crippen LogP contribution is 2.38. The van der Waals surface area contributed by atoms with Crippen LogP contribution < -0.4 is 4.90 Å². The van der Waals surface area contributed by atoms with E-state index in [1.54, 1.807) is 24.3 Å². The number of aromatic nitrogens is 1. The van der Waals surface area contributed by atoms with Crippen molar-refractivity contribution in [2.24, 2.45) is 0 Å². The third-order valence-electron chi connectivity index (χ3n) is 4.44. The van der Waals surface area contributed by atoms with Crippen molar-refractivity contribution in [3.05, 3.63) is 23.5 Å². The van der Waals surface area contributed by atoms with Crippen LogP contribution in [0.15, 0.2) is 12.1 Å². The highest BCUT2D eigenvalue weighted by molar-refractivity contribution is 7.22. The van der Waals surface area contributed by atoms with Gasteiger partial charge in [0.1, 0.15) is 5.82 Å². The van der Waals surface area contributed by atoms with Crippen LogP contribution in [0.4, 0.5) is 9.52 Å². The van der Waals surface area contributed by atoms with E-state index in [4.69, 9.17) is 9.72 Å². The summed E-state index contributed by atoms with van der Waals surface area (Å²) in [5.41, 5.74) is 1.47. The van der Waals surface area contributed by atoms with Crippen LogP contribution in [-0.2, 0) is 4.74 Å². The molecular formula is C18H27FN2OS. The highest BCUT2D eigenvalue weighted by atomic mass is 32.1. The van der Waals surface area contributed by atoms with Crippen LogP contribution >= 0.6 is 11.3 Å². The maximum absolute atomic E-state index is 13.7. The van der Waals surface area contributed by atoms with Gasteiger partial charge in [-0.15, -0.1) is 0 Å². The summed E-state index contributed by atoms with van der Waals surface area (Å²) in [5.74, 6) is -0.170. The van der Waals surface area contributed by atoms with Crippen LogP contribution in [0, 0.1) is 12.7 Å². The quantitative estimate of drug-likeness (QED) is 0.718. The summed E-state index contributed by atoms with van der Waals surface area (Å²) in [6, 6.07) is 4.26. The molecule has 5 heteroatoms. The summed E-state index contributed by atoms with van der Waals surface area (Å²) in [7, 11) is 0. The molecule has 3 heterocycles. The molecule has 1 aromatic carbocycles. The van der Waals surface area contributed by atoms with Crippen molar-refractivity contribution in [3.8, 4) is 0 Å². The van der Waals surface area contributed by atoms with Crippen LogP contribution in [0.5, 0.6) is 0 Å². The third-order valence-corrected chi connectivity index (χ3v) is 5.47. The number of anilines is 1. The van der Waals surface area contributed by atoms with Crippen LogP contribution in [0.25, 0.3) is 10.2 Å². The summed E-state index contributed by atoms with van der Waals surface area (Å²) >= 11 is 1.68.